The average Bonchev–Trinajstić information content (AvgIpc) is 3.17. The lowest BCUT2D eigenvalue weighted by Gasteiger charge is -2.10. The summed E-state index contributed by atoms with van der Waals surface area (Å²) in [4.78, 5) is 4.48. The lowest BCUT2D eigenvalue weighted by Crippen LogP contribution is -2.04. The highest BCUT2D eigenvalue weighted by Gasteiger charge is 2.10. The predicted octanol–water partition coefficient (Wildman–Crippen LogP) is 4.03. The number of nitrogens with zero attached hydrogens (tertiary/aromatic N) is 3. The van der Waals surface area contributed by atoms with E-state index in [1.54, 1.807) is 20.4 Å². The monoisotopic (exact) mass is 360 g/mol. The van der Waals surface area contributed by atoms with Gasteiger partial charge in [0.1, 0.15) is 17.0 Å². The van der Waals surface area contributed by atoms with Crippen LogP contribution >= 0.6 is 0 Å². The maximum absolute atomic E-state index is 5.41. The van der Waals surface area contributed by atoms with E-state index in [1.165, 1.54) is 0 Å². The molecule has 0 aliphatic carbocycles. The third-order valence-corrected chi connectivity index (χ3v) is 4.41. The SMILES string of the molecule is COc1ccc(-c2cc3c(NCc4ccccc4OC)nccn3n2)cc1. The van der Waals surface area contributed by atoms with Crippen LogP contribution in [-0.4, -0.2) is 28.8 Å². The van der Waals surface area contributed by atoms with Gasteiger partial charge < -0.3 is 14.8 Å². The van der Waals surface area contributed by atoms with Crippen molar-refractivity contribution in [3.05, 3.63) is 72.6 Å². The van der Waals surface area contributed by atoms with E-state index in [0.29, 0.717) is 6.54 Å². The zero-order valence-corrected chi connectivity index (χ0v) is 15.2. The predicted molar refractivity (Wildman–Crippen MR) is 105 cm³/mol. The van der Waals surface area contributed by atoms with Gasteiger partial charge in [0, 0.05) is 30.1 Å². The minimum Gasteiger partial charge on any atom is -0.497 e. The quantitative estimate of drug-likeness (QED) is 0.563. The van der Waals surface area contributed by atoms with Crippen LogP contribution in [0.2, 0.25) is 0 Å². The maximum atomic E-state index is 5.41. The van der Waals surface area contributed by atoms with Gasteiger partial charge in [0.05, 0.1) is 19.9 Å². The number of hydrogen-bond donors (Lipinski definition) is 1. The molecule has 0 radical (unpaired) electrons. The number of fused-ring (bicyclic) bond motifs is 1. The van der Waals surface area contributed by atoms with E-state index in [1.807, 2.05) is 65.3 Å². The molecule has 2 aromatic carbocycles. The van der Waals surface area contributed by atoms with Crippen LogP contribution in [0, 0.1) is 0 Å². The van der Waals surface area contributed by atoms with Crippen molar-refractivity contribution in [2.45, 2.75) is 6.54 Å². The van der Waals surface area contributed by atoms with Crippen LogP contribution in [0.1, 0.15) is 5.56 Å². The van der Waals surface area contributed by atoms with Gasteiger partial charge in [0.2, 0.25) is 0 Å². The minimum atomic E-state index is 0.611. The third kappa shape index (κ3) is 3.42. The number of nitrogens with one attached hydrogen (secondary N) is 1. The number of aromatic nitrogens is 3. The number of para-hydroxylation sites is 1. The summed E-state index contributed by atoms with van der Waals surface area (Å²) in [5.41, 5.74) is 3.89. The van der Waals surface area contributed by atoms with Crippen LogP contribution in [0.15, 0.2) is 67.0 Å². The molecule has 0 saturated carbocycles. The summed E-state index contributed by atoms with van der Waals surface area (Å²) in [6.45, 7) is 0.611. The Morgan fingerprint density at radius 1 is 1.00 bits per heavy atom. The van der Waals surface area contributed by atoms with Crippen molar-refractivity contribution in [3.63, 3.8) is 0 Å². The second kappa shape index (κ2) is 7.37. The summed E-state index contributed by atoms with van der Waals surface area (Å²) in [5.74, 6) is 2.45. The molecule has 0 aliphatic heterocycles. The minimum absolute atomic E-state index is 0.611. The van der Waals surface area contributed by atoms with E-state index in [2.05, 4.69) is 15.4 Å². The molecule has 4 aromatic rings. The smallest absolute Gasteiger partial charge is 0.152 e. The largest absolute Gasteiger partial charge is 0.497 e. The Bertz CT molecular complexity index is 1060. The van der Waals surface area contributed by atoms with Gasteiger partial charge in [-0.3, -0.25) is 0 Å². The number of benzene rings is 2. The second-order valence-electron chi connectivity index (χ2n) is 6.03. The number of ether oxygens (including phenoxy) is 2. The number of anilines is 1. The fourth-order valence-corrected chi connectivity index (χ4v) is 2.99. The van der Waals surface area contributed by atoms with E-state index in [-0.39, 0.29) is 0 Å². The fraction of sp³-hybridized carbons (Fsp3) is 0.143. The van der Waals surface area contributed by atoms with Gasteiger partial charge in [0.25, 0.3) is 0 Å². The van der Waals surface area contributed by atoms with Crippen molar-refractivity contribution < 1.29 is 9.47 Å². The molecule has 0 bridgehead atoms. The molecule has 0 aliphatic rings. The molecular weight excluding hydrogens is 340 g/mol. The van der Waals surface area contributed by atoms with Gasteiger partial charge in [-0.05, 0) is 36.4 Å². The van der Waals surface area contributed by atoms with E-state index in [0.717, 1.165) is 39.7 Å². The zero-order chi connectivity index (χ0) is 18.6. The Morgan fingerprint density at radius 2 is 1.81 bits per heavy atom. The Labute approximate surface area is 157 Å². The topological polar surface area (TPSA) is 60.7 Å². The van der Waals surface area contributed by atoms with Gasteiger partial charge >= 0.3 is 0 Å². The van der Waals surface area contributed by atoms with Gasteiger partial charge in [0.15, 0.2) is 5.82 Å². The van der Waals surface area contributed by atoms with Crippen LogP contribution in [0.3, 0.4) is 0 Å². The van der Waals surface area contributed by atoms with Crippen molar-refractivity contribution in [2.75, 3.05) is 19.5 Å². The van der Waals surface area contributed by atoms with Crippen molar-refractivity contribution in [1.29, 1.82) is 0 Å². The Morgan fingerprint density at radius 3 is 2.59 bits per heavy atom. The van der Waals surface area contributed by atoms with Crippen molar-refractivity contribution in [1.82, 2.24) is 14.6 Å². The first-order valence-electron chi connectivity index (χ1n) is 8.63. The highest BCUT2D eigenvalue weighted by molar-refractivity contribution is 5.74. The lowest BCUT2D eigenvalue weighted by atomic mass is 10.1. The second-order valence-corrected chi connectivity index (χ2v) is 6.03. The number of methoxy groups -OCH3 is 2. The van der Waals surface area contributed by atoms with E-state index < -0.39 is 0 Å². The van der Waals surface area contributed by atoms with Crippen LogP contribution in [-0.2, 0) is 6.54 Å². The lowest BCUT2D eigenvalue weighted by molar-refractivity contribution is 0.410. The molecule has 0 amide bonds. The molecule has 0 saturated heterocycles. The summed E-state index contributed by atoms with van der Waals surface area (Å²) < 4.78 is 12.5. The number of rotatable bonds is 6. The first kappa shape index (κ1) is 16.9. The molecule has 1 N–H and O–H groups in total. The summed E-state index contributed by atoms with van der Waals surface area (Å²) in [5, 5.41) is 8.05. The van der Waals surface area contributed by atoms with Crippen LogP contribution < -0.4 is 14.8 Å². The van der Waals surface area contributed by atoms with Gasteiger partial charge in [-0.25, -0.2) is 9.50 Å². The van der Waals surface area contributed by atoms with Crippen molar-refractivity contribution in [3.8, 4) is 22.8 Å². The van der Waals surface area contributed by atoms with E-state index >= 15 is 0 Å². The standard InChI is InChI=1S/C21H20N4O2/c1-26-17-9-7-15(8-10-17)18-13-19-21(22-11-12-25(19)24-18)23-14-16-5-3-4-6-20(16)27-2/h3-13H,14H2,1-2H3,(H,22,23). The maximum Gasteiger partial charge on any atom is 0.152 e. The van der Waals surface area contributed by atoms with Crippen LogP contribution in [0.5, 0.6) is 11.5 Å². The average molecular weight is 360 g/mol. The molecule has 6 nitrogen and oxygen atoms in total. The van der Waals surface area contributed by atoms with Gasteiger partial charge in [-0.15, -0.1) is 0 Å². The Hall–Kier alpha value is -3.54. The fourth-order valence-electron chi connectivity index (χ4n) is 2.99. The molecule has 2 heterocycles. The molecule has 0 atom stereocenters. The van der Waals surface area contributed by atoms with E-state index in [4.69, 9.17) is 9.47 Å². The van der Waals surface area contributed by atoms with Gasteiger partial charge in [-0.1, -0.05) is 18.2 Å². The summed E-state index contributed by atoms with van der Waals surface area (Å²) >= 11 is 0. The molecule has 0 spiro atoms. The highest BCUT2D eigenvalue weighted by atomic mass is 16.5. The molecule has 6 heteroatoms. The summed E-state index contributed by atoms with van der Waals surface area (Å²) in [7, 11) is 3.33. The van der Waals surface area contributed by atoms with Crippen molar-refractivity contribution >= 4 is 11.3 Å². The van der Waals surface area contributed by atoms with Crippen LogP contribution in [0.25, 0.3) is 16.8 Å². The summed E-state index contributed by atoms with van der Waals surface area (Å²) in [6.07, 6.45) is 3.58. The third-order valence-electron chi connectivity index (χ3n) is 4.41. The molecule has 0 unspecified atom stereocenters. The Balaban J connectivity index is 1.62. The Kier molecular flexibility index (Phi) is 4.61. The molecule has 4 rings (SSSR count). The van der Waals surface area contributed by atoms with Crippen LogP contribution in [0.4, 0.5) is 5.82 Å². The molecule has 136 valence electrons. The molecule has 27 heavy (non-hydrogen) atoms. The molecule has 0 fully saturated rings. The first-order chi connectivity index (χ1) is 13.3. The zero-order valence-electron chi connectivity index (χ0n) is 15.2. The number of hydrogen-bond acceptors (Lipinski definition) is 5. The van der Waals surface area contributed by atoms with E-state index in [9.17, 15) is 0 Å². The molecule has 2 aromatic heterocycles. The summed E-state index contributed by atoms with van der Waals surface area (Å²) in [6, 6.07) is 17.8. The first-order valence-corrected chi connectivity index (χ1v) is 8.63. The highest BCUT2D eigenvalue weighted by Crippen LogP contribution is 2.25. The van der Waals surface area contributed by atoms with Crippen molar-refractivity contribution in [2.24, 2.45) is 0 Å². The molecular formula is C21H20N4O2. The normalized spacial score (nSPS) is 10.7. The van der Waals surface area contributed by atoms with Gasteiger partial charge in [-0.2, -0.15) is 5.10 Å².